The van der Waals surface area contributed by atoms with Crippen LogP contribution in [-0.4, -0.2) is 39.4 Å². The summed E-state index contributed by atoms with van der Waals surface area (Å²) in [5.41, 5.74) is 6.58. The lowest BCUT2D eigenvalue weighted by molar-refractivity contribution is 0.0147. The molecule has 194 valence electrons. The van der Waals surface area contributed by atoms with Crippen LogP contribution in [-0.2, 0) is 11.3 Å². The molecule has 7 rings (SSSR count). The van der Waals surface area contributed by atoms with Crippen molar-refractivity contribution in [2.45, 2.75) is 76.2 Å². The van der Waals surface area contributed by atoms with Crippen LogP contribution in [0.4, 0.5) is 5.69 Å². The fourth-order valence-electron chi connectivity index (χ4n) is 6.45. The maximum Gasteiger partial charge on any atom is 0.337 e. The highest BCUT2D eigenvalue weighted by molar-refractivity contribution is 5.93. The molecular weight excluding hydrogens is 478 g/mol. The number of ether oxygens (including phenoxy) is 1. The van der Waals surface area contributed by atoms with Gasteiger partial charge in [-0.2, -0.15) is 0 Å². The molecule has 3 aliphatic rings. The molecule has 4 aromatic rings. The van der Waals surface area contributed by atoms with E-state index in [0.29, 0.717) is 24.6 Å². The molecule has 38 heavy (non-hydrogen) atoms. The summed E-state index contributed by atoms with van der Waals surface area (Å²) in [5.74, 6) is 0.536. The molecular formula is C31H31N3O4. The second-order valence-electron chi connectivity index (χ2n) is 11.1. The summed E-state index contributed by atoms with van der Waals surface area (Å²) < 4.78 is 12.5. The van der Waals surface area contributed by atoms with Gasteiger partial charge in [-0.1, -0.05) is 35.5 Å². The lowest BCUT2D eigenvalue weighted by Crippen LogP contribution is -2.45. The van der Waals surface area contributed by atoms with Gasteiger partial charge in [-0.25, -0.2) is 4.79 Å². The Labute approximate surface area is 221 Å². The molecule has 1 N–H and O–H groups in total. The summed E-state index contributed by atoms with van der Waals surface area (Å²) >= 11 is 0. The summed E-state index contributed by atoms with van der Waals surface area (Å²) in [6.07, 6.45) is 8.26. The van der Waals surface area contributed by atoms with Crippen LogP contribution < -0.4 is 4.90 Å². The van der Waals surface area contributed by atoms with E-state index in [1.807, 2.05) is 6.07 Å². The third-order valence-corrected chi connectivity index (χ3v) is 8.53. The van der Waals surface area contributed by atoms with Crippen LogP contribution in [0, 0.1) is 6.92 Å². The molecule has 2 saturated heterocycles. The molecule has 1 saturated carbocycles. The van der Waals surface area contributed by atoms with Crippen molar-refractivity contribution in [1.82, 2.24) is 10.1 Å². The normalized spacial score (nSPS) is 22.8. The minimum atomic E-state index is -0.954. The topological polar surface area (TPSA) is 88.7 Å². The number of piperidine rings is 1. The Hall–Kier alpha value is -3.71. The van der Waals surface area contributed by atoms with E-state index in [2.05, 4.69) is 58.4 Å². The minimum absolute atomic E-state index is 0.201. The fourth-order valence-corrected chi connectivity index (χ4v) is 6.45. The third kappa shape index (κ3) is 4.15. The van der Waals surface area contributed by atoms with Crippen molar-refractivity contribution in [3.63, 3.8) is 0 Å². The third-order valence-electron chi connectivity index (χ3n) is 8.53. The Morgan fingerprint density at radius 1 is 1.08 bits per heavy atom. The quantitative estimate of drug-likeness (QED) is 0.305. The predicted molar refractivity (Wildman–Crippen MR) is 144 cm³/mol. The van der Waals surface area contributed by atoms with E-state index in [0.717, 1.165) is 77.7 Å². The molecule has 7 heteroatoms. The molecule has 2 aromatic carbocycles. The molecule has 2 aliphatic heterocycles. The van der Waals surface area contributed by atoms with Crippen molar-refractivity contribution >= 4 is 22.6 Å². The van der Waals surface area contributed by atoms with E-state index in [9.17, 15) is 9.90 Å². The van der Waals surface area contributed by atoms with Crippen molar-refractivity contribution in [2.24, 2.45) is 0 Å². The molecule has 2 bridgehead atoms. The zero-order chi connectivity index (χ0) is 25.8. The van der Waals surface area contributed by atoms with Gasteiger partial charge < -0.3 is 19.3 Å². The molecule has 2 aromatic heterocycles. The van der Waals surface area contributed by atoms with Gasteiger partial charge in [0.15, 0.2) is 0 Å². The second kappa shape index (κ2) is 9.24. The van der Waals surface area contributed by atoms with Crippen LogP contribution in [0.25, 0.3) is 22.2 Å². The number of anilines is 1. The van der Waals surface area contributed by atoms with E-state index >= 15 is 0 Å². The summed E-state index contributed by atoms with van der Waals surface area (Å²) in [5, 5.41) is 14.6. The lowest BCUT2D eigenvalue weighted by atomic mass is 9.97. The van der Waals surface area contributed by atoms with Gasteiger partial charge in [-0.05, 0) is 69.2 Å². The van der Waals surface area contributed by atoms with Crippen molar-refractivity contribution < 1.29 is 19.2 Å². The first-order chi connectivity index (χ1) is 18.5. The second-order valence-corrected chi connectivity index (χ2v) is 11.1. The molecule has 2 unspecified atom stereocenters. The Morgan fingerprint density at radius 3 is 2.61 bits per heavy atom. The molecule has 0 amide bonds. The van der Waals surface area contributed by atoms with Crippen LogP contribution in [0.1, 0.15) is 71.7 Å². The number of fused-ring (bicyclic) bond motifs is 3. The van der Waals surface area contributed by atoms with Crippen molar-refractivity contribution in [2.75, 3.05) is 4.90 Å². The number of rotatable bonds is 7. The largest absolute Gasteiger partial charge is 0.478 e. The standard InChI is InChI=1S/C31H31N3O4/c1-18-4-2-3-5-26(18)29-27(30(38-33-29)19-6-7-19)17-37-25-13-22-10-11-23(14-25)34(22)24-9-8-20-12-21(31(35)36)16-32-28(20)15-24/h2-5,8-9,12,15-16,19,22-23,25H,6-7,10-11,13-14,17H2,1H3,(H,35,36)/t22-,23?,25?/m0/s1. The number of aromatic carboxylic acids is 1. The Balaban J connectivity index is 1.08. The lowest BCUT2D eigenvalue weighted by Gasteiger charge is -2.40. The molecule has 7 nitrogen and oxygen atoms in total. The maximum atomic E-state index is 11.3. The van der Waals surface area contributed by atoms with E-state index in [1.165, 1.54) is 11.8 Å². The number of carboxylic acid groups (broad SMARTS) is 1. The van der Waals surface area contributed by atoms with E-state index in [1.54, 1.807) is 6.07 Å². The Morgan fingerprint density at radius 2 is 1.87 bits per heavy atom. The van der Waals surface area contributed by atoms with E-state index < -0.39 is 5.97 Å². The number of aromatic nitrogens is 2. The van der Waals surface area contributed by atoms with Gasteiger partial charge in [0.2, 0.25) is 0 Å². The van der Waals surface area contributed by atoms with Gasteiger partial charge in [-0.15, -0.1) is 0 Å². The van der Waals surface area contributed by atoms with Crippen molar-refractivity contribution in [1.29, 1.82) is 0 Å². The smallest absolute Gasteiger partial charge is 0.337 e. The molecule has 1 aliphatic carbocycles. The van der Waals surface area contributed by atoms with Crippen LogP contribution in [0.2, 0.25) is 0 Å². The maximum absolute atomic E-state index is 11.3. The monoisotopic (exact) mass is 509 g/mol. The van der Waals surface area contributed by atoms with Gasteiger partial charge in [0.25, 0.3) is 0 Å². The zero-order valence-electron chi connectivity index (χ0n) is 21.5. The van der Waals surface area contributed by atoms with Crippen LogP contribution in [0.3, 0.4) is 0 Å². The summed E-state index contributed by atoms with van der Waals surface area (Å²) in [4.78, 5) is 18.3. The number of carbonyl (C=O) groups is 1. The number of hydrogen-bond acceptors (Lipinski definition) is 6. The highest BCUT2D eigenvalue weighted by atomic mass is 16.5. The van der Waals surface area contributed by atoms with Gasteiger partial charge in [0.05, 0.1) is 23.8 Å². The Kier molecular flexibility index (Phi) is 5.69. The summed E-state index contributed by atoms with van der Waals surface area (Å²) in [6.45, 7) is 2.65. The van der Waals surface area contributed by atoms with E-state index in [4.69, 9.17) is 9.26 Å². The zero-order valence-corrected chi connectivity index (χ0v) is 21.5. The number of nitrogens with zero attached hydrogens (tertiary/aromatic N) is 3. The van der Waals surface area contributed by atoms with Crippen LogP contribution in [0.15, 0.2) is 59.3 Å². The van der Waals surface area contributed by atoms with Gasteiger partial charge in [0, 0.05) is 46.4 Å². The average molecular weight is 510 g/mol. The SMILES string of the molecule is Cc1ccccc1-c1noc(C2CC2)c1COC1CC2CC[C@@H](C1)N2c1ccc2cc(C(=O)O)cnc2c1. The molecule has 3 atom stereocenters. The summed E-state index contributed by atoms with van der Waals surface area (Å²) in [7, 11) is 0. The number of benzene rings is 2. The van der Waals surface area contributed by atoms with Gasteiger partial charge in [0.1, 0.15) is 11.5 Å². The van der Waals surface area contributed by atoms with E-state index in [-0.39, 0.29) is 11.7 Å². The number of hydrogen-bond donors (Lipinski definition) is 1. The first-order valence-corrected chi connectivity index (χ1v) is 13.6. The Bertz CT molecular complexity index is 1510. The number of pyridine rings is 1. The van der Waals surface area contributed by atoms with Crippen molar-refractivity contribution in [3.05, 3.63) is 77.2 Å². The predicted octanol–water partition coefficient (Wildman–Crippen LogP) is 6.49. The van der Waals surface area contributed by atoms with Crippen LogP contribution in [0.5, 0.6) is 0 Å². The van der Waals surface area contributed by atoms with Gasteiger partial charge >= 0.3 is 5.97 Å². The van der Waals surface area contributed by atoms with Crippen molar-refractivity contribution in [3.8, 4) is 11.3 Å². The highest BCUT2D eigenvalue weighted by Gasteiger charge is 2.42. The van der Waals surface area contributed by atoms with Gasteiger partial charge in [-0.3, -0.25) is 4.98 Å². The number of carboxylic acids is 1. The first kappa shape index (κ1) is 23.4. The molecule has 0 radical (unpaired) electrons. The minimum Gasteiger partial charge on any atom is -0.478 e. The number of aryl methyl sites for hydroxylation is 1. The molecule has 0 spiro atoms. The molecule has 4 heterocycles. The molecule has 3 fully saturated rings. The summed E-state index contributed by atoms with van der Waals surface area (Å²) in [6, 6.07) is 17.1. The average Bonchev–Trinajstić information content (AvgIpc) is 3.63. The highest BCUT2D eigenvalue weighted by Crippen LogP contribution is 2.45. The van der Waals surface area contributed by atoms with Crippen LogP contribution >= 0.6 is 0 Å². The fraction of sp³-hybridized carbons (Fsp3) is 0.387. The first-order valence-electron chi connectivity index (χ1n) is 13.6.